The molecule has 1 aromatic carbocycles. The third-order valence-electron chi connectivity index (χ3n) is 3.80. The molecule has 0 spiro atoms. The minimum absolute atomic E-state index is 0.246. The maximum Gasteiger partial charge on any atom is 0.326 e. The summed E-state index contributed by atoms with van der Waals surface area (Å²) in [4.78, 5) is 18.5. The zero-order valence-electron chi connectivity index (χ0n) is 13.0. The van der Waals surface area contributed by atoms with E-state index in [1.807, 2.05) is 18.2 Å². The largest absolute Gasteiger partial charge is 0.336 e. The van der Waals surface area contributed by atoms with Crippen LogP contribution in [0.25, 0.3) is 0 Å². The molecule has 0 saturated carbocycles. The van der Waals surface area contributed by atoms with E-state index in [4.69, 9.17) is 23.2 Å². The number of aliphatic imine (C=N–C) groups is 1. The molecular weight excluding hydrogens is 345 g/mol. The van der Waals surface area contributed by atoms with Crippen LogP contribution in [0.4, 0.5) is 10.5 Å². The van der Waals surface area contributed by atoms with Gasteiger partial charge < -0.3 is 5.32 Å². The van der Waals surface area contributed by atoms with Gasteiger partial charge in [-0.2, -0.15) is 0 Å². The number of anilines is 1. The molecule has 0 atom stereocenters. The van der Waals surface area contributed by atoms with E-state index in [1.165, 1.54) is 4.90 Å². The second-order valence-corrected chi connectivity index (χ2v) is 6.20. The predicted molar refractivity (Wildman–Crippen MR) is 100 cm³/mol. The minimum Gasteiger partial charge on any atom is -0.336 e. The average Bonchev–Trinajstić information content (AvgIpc) is 2.79. The van der Waals surface area contributed by atoms with Crippen LogP contribution in [0, 0.1) is 0 Å². The van der Waals surface area contributed by atoms with Gasteiger partial charge in [0.2, 0.25) is 0 Å². The molecule has 124 valence electrons. The molecule has 1 N–H and O–H groups in total. The number of urea groups is 1. The molecule has 2 aliphatic rings. The monoisotopic (exact) mass is 361 g/mol. The lowest BCUT2D eigenvalue weighted by Gasteiger charge is -2.22. The maximum atomic E-state index is 12.4. The van der Waals surface area contributed by atoms with Crippen LogP contribution in [0.1, 0.15) is 18.4 Å². The fourth-order valence-electron chi connectivity index (χ4n) is 2.70. The number of hydrogen-bond donors (Lipinski definition) is 1. The van der Waals surface area contributed by atoms with E-state index in [0.29, 0.717) is 17.4 Å². The highest BCUT2D eigenvalue weighted by Crippen LogP contribution is 2.31. The van der Waals surface area contributed by atoms with Crippen molar-refractivity contribution in [1.29, 1.82) is 0 Å². The molecule has 2 amide bonds. The Morgan fingerprint density at radius 1 is 1.38 bits per heavy atom. The predicted octanol–water partition coefficient (Wildman–Crippen LogP) is 4.65. The van der Waals surface area contributed by atoms with Crippen molar-refractivity contribution in [2.24, 2.45) is 4.99 Å². The van der Waals surface area contributed by atoms with Gasteiger partial charge in [0.1, 0.15) is 0 Å². The van der Waals surface area contributed by atoms with E-state index in [9.17, 15) is 4.79 Å². The Hall–Kier alpha value is -2.04. The summed E-state index contributed by atoms with van der Waals surface area (Å²) in [6, 6.07) is 5.21. The van der Waals surface area contributed by atoms with Crippen molar-refractivity contribution in [3.8, 4) is 0 Å². The fourth-order valence-corrected chi connectivity index (χ4v) is 2.97. The number of carbonyl (C=O) groups excluding carboxylic acids is 1. The van der Waals surface area contributed by atoms with Gasteiger partial charge in [-0.3, -0.25) is 9.89 Å². The molecule has 1 aliphatic heterocycles. The van der Waals surface area contributed by atoms with Gasteiger partial charge in [-0.05, 0) is 36.6 Å². The van der Waals surface area contributed by atoms with Crippen molar-refractivity contribution in [3.63, 3.8) is 0 Å². The standard InChI is InChI=1S/C18H17Cl2N3O/c19-8-9-22-18(24)23-11-10-21-17(13-4-2-1-3-5-13)15-12-14(20)6-7-16(15)23/h1-2,4,6-7,10-12H,3,5,8-9H2,(H,22,24). The summed E-state index contributed by atoms with van der Waals surface area (Å²) in [7, 11) is 0. The number of hydrogen-bond acceptors (Lipinski definition) is 2. The summed E-state index contributed by atoms with van der Waals surface area (Å²) in [5, 5.41) is 3.38. The Balaban J connectivity index is 2.03. The number of nitrogens with zero attached hydrogens (tertiary/aromatic N) is 2. The number of halogens is 2. The summed E-state index contributed by atoms with van der Waals surface area (Å²) < 4.78 is 0. The molecule has 1 heterocycles. The van der Waals surface area contributed by atoms with E-state index in [2.05, 4.69) is 22.5 Å². The molecule has 0 aromatic heterocycles. The molecule has 3 rings (SSSR count). The van der Waals surface area contributed by atoms with Crippen LogP contribution in [-0.2, 0) is 0 Å². The summed E-state index contributed by atoms with van der Waals surface area (Å²) in [6.07, 6.45) is 11.4. The Morgan fingerprint density at radius 2 is 2.25 bits per heavy atom. The van der Waals surface area contributed by atoms with Gasteiger partial charge in [0, 0.05) is 35.4 Å². The number of rotatable bonds is 3. The second kappa shape index (κ2) is 7.69. The van der Waals surface area contributed by atoms with Crippen molar-refractivity contribution < 1.29 is 4.79 Å². The number of fused-ring (bicyclic) bond motifs is 1. The molecule has 1 aliphatic carbocycles. The third kappa shape index (κ3) is 3.55. The van der Waals surface area contributed by atoms with Gasteiger partial charge in [0.05, 0.1) is 11.4 Å². The van der Waals surface area contributed by atoms with Gasteiger partial charge in [-0.25, -0.2) is 4.79 Å². The van der Waals surface area contributed by atoms with Crippen molar-refractivity contribution >= 4 is 40.6 Å². The SMILES string of the molecule is O=C(NCCCl)N1C=CN=C(C2=CC=CCC2)c2cc(Cl)ccc21. The molecule has 4 nitrogen and oxygen atoms in total. The number of allylic oxidation sites excluding steroid dienone is 4. The quantitative estimate of drug-likeness (QED) is 0.782. The molecule has 0 radical (unpaired) electrons. The van der Waals surface area contributed by atoms with E-state index in [0.717, 1.165) is 35.4 Å². The zero-order chi connectivity index (χ0) is 16.9. The number of carbonyl (C=O) groups is 1. The molecule has 1 aromatic rings. The van der Waals surface area contributed by atoms with Gasteiger partial charge in [0.25, 0.3) is 0 Å². The first kappa shape index (κ1) is 16.8. The van der Waals surface area contributed by atoms with Crippen LogP contribution < -0.4 is 10.2 Å². The fraction of sp³-hybridized carbons (Fsp3) is 0.222. The van der Waals surface area contributed by atoms with Gasteiger partial charge in [-0.15, -0.1) is 11.6 Å². The molecule has 6 heteroatoms. The van der Waals surface area contributed by atoms with Crippen LogP contribution in [0.5, 0.6) is 0 Å². The van der Waals surface area contributed by atoms with Crippen molar-refractivity contribution in [3.05, 3.63) is 65.0 Å². The van der Waals surface area contributed by atoms with Crippen LogP contribution in [-0.4, -0.2) is 24.2 Å². The van der Waals surface area contributed by atoms with Crippen LogP contribution in [0.15, 0.2) is 59.4 Å². The highest BCUT2D eigenvalue weighted by molar-refractivity contribution is 6.31. The van der Waals surface area contributed by atoms with E-state index >= 15 is 0 Å². The van der Waals surface area contributed by atoms with Crippen LogP contribution in [0.2, 0.25) is 5.02 Å². The van der Waals surface area contributed by atoms with Gasteiger partial charge in [-0.1, -0.05) is 29.8 Å². The Labute approximate surface area is 151 Å². The first-order valence-corrected chi connectivity index (χ1v) is 8.65. The topological polar surface area (TPSA) is 44.7 Å². The first-order valence-electron chi connectivity index (χ1n) is 7.74. The van der Waals surface area contributed by atoms with Crippen molar-refractivity contribution in [2.75, 3.05) is 17.3 Å². The molecular formula is C18H17Cl2N3O. The van der Waals surface area contributed by atoms with Crippen molar-refractivity contribution in [2.45, 2.75) is 12.8 Å². The number of alkyl halides is 1. The number of nitrogens with one attached hydrogen (secondary N) is 1. The maximum absolute atomic E-state index is 12.4. The molecule has 24 heavy (non-hydrogen) atoms. The smallest absolute Gasteiger partial charge is 0.326 e. The molecule has 0 fully saturated rings. The first-order chi connectivity index (χ1) is 11.7. The molecule has 0 bridgehead atoms. The van der Waals surface area contributed by atoms with E-state index in [1.54, 1.807) is 18.5 Å². The lowest BCUT2D eigenvalue weighted by atomic mass is 9.94. The summed E-state index contributed by atoms with van der Waals surface area (Å²) >= 11 is 11.9. The molecule has 0 saturated heterocycles. The summed E-state index contributed by atoms with van der Waals surface area (Å²) in [5.74, 6) is 0.359. The highest BCUT2D eigenvalue weighted by Gasteiger charge is 2.23. The lowest BCUT2D eigenvalue weighted by Crippen LogP contribution is -2.38. The van der Waals surface area contributed by atoms with Crippen LogP contribution >= 0.6 is 23.2 Å². The van der Waals surface area contributed by atoms with E-state index in [-0.39, 0.29) is 6.03 Å². The number of benzene rings is 1. The third-order valence-corrected chi connectivity index (χ3v) is 4.22. The second-order valence-electron chi connectivity index (χ2n) is 5.39. The molecule has 0 unspecified atom stereocenters. The minimum atomic E-state index is -0.246. The Morgan fingerprint density at radius 3 is 3.00 bits per heavy atom. The van der Waals surface area contributed by atoms with Gasteiger partial charge >= 0.3 is 6.03 Å². The highest BCUT2D eigenvalue weighted by atomic mass is 35.5. The summed E-state index contributed by atoms with van der Waals surface area (Å²) in [5.41, 5.74) is 3.57. The normalized spacial score (nSPS) is 16.2. The van der Waals surface area contributed by atoms with Gasteiger partial charge in [0.15, 0.2) is 0 Å². The van der Waals surface area contributed by atoms with E-state index < -0.39 is 0 Å². The van der Waals surface area contributed by atoms with Crippen molar-refractivity contribution in [1.82, 2.24) is 5.32 Å². The Bertz CT molecular complexity index is 766. The van der Waals surface area contributed by atoms with Crippen LogP contribution in [0.3, 0.4) is 0 Å². The zero-order valence-corrected chi connectivity index (χ0v) is 14.5. The number of amides is 2. The lowest BCUT2D eigenvalue weighted by molar-refractivity contribution is 0.249. The Kier molecular flexibility index (Phi) is 5.38. The summed E-state index contributed by atoms with van der Waals surface area (Å²) in [6.45, 7) is 0.400. The average molecular weight is 362 g/mol.